The number of likely N-dealkylation sites (N-methyl/N-ethyl adjacent to an activating group) is 1. The van der Waals surface area contributed by atoms with E-state index in [1.54, 1.807) is 0 Å². The zero-order valence-corrected chi connectivity index (χ0v) is 11.6. The highest BCUT2D eigenvalue weighted by Gasteiger charge is 2.37. The molecule has 2 aliphatic rings. The van der Waals surface area contributed by atoms with Gasteiger partial charge in [-0.1, -0.05) is 26.2 Å². The largest absolute Gasteiger partial charge is 0.353 e. The van der Waals surface area contributed by atoms with E-state index in [-0.39, 0.29) is 5.91 Å². The van der Waals surface area contributed by atoms with Gasteiger partial charge < -0.3 is 11.1 Å². The molecule has 0 aromatic rings. The van der Waals surface area contributed by atoms with Crippen molar-refractivity contribution in [3.05, 3.63) is 0 Å². The maximum Gasteiger partial charge on any atom is 0.240 e. The third-order valence-corrected chi connectivity index (χ3v) is 4.60. The highest BCUT2D eigenvalue weighted by Crippen LogP contribution is 2.27. The lowest BCUT2D eigenvalue weighted by Gasteiger charge is -2.35. The van der Waals surface area contributed by atoms with Gasteiger partial charge in [0, 0.05) is 12.6 Å². The van der Waals surface area contributed by atoms with Gasteiger partial charge in [0.1, 0.15) is 0 Å². The summed E-state index contributed by atoms with van der Waals surface area (Å²) in [6, 6.07) is 0.512. The first-order valence-electron chi connectivity index (χ1n) is 7.47. The summed E-state index contributed by atoms with van der Waals surface area (Å²) in [5.41, 5.74) is 5.58. The van der Waals surface area contributed by atoms with Gasteiger partial charge in [0.05, 0.1) is 5.54 Å². The topological polar surface area (TPSA) is 58.4 Å². The first-order chi connectivity index (χ1) is 8.65. The van der Waals surface area contributed by atoms with E-state index in [1.165, 1.54) is 25.8 Å². The molecule has 0 bridgehead atoms. The molecule has 1 atom stereocenters. The summed E-state index contributed by atoms with van der Waals surface area (Å²) in [6.45, 7) is 5.21. The van der Waals surface area contributed by atoms with Crippen LogP contribution >= 0.6 is 0 Å². The molecule has 1 heterocycles. The molecule has 2 rings (SSSR count). The summed E-state index contributed by atoms with van der Waals surface area (Å²) in [4.78, 5) is 14.6. The lowest BCUT2D eigenvalue weighted by Crippen LogP contribution is -2.55. The Balaban J connectivity index is 1.81. The zero-order valence-electron chi connectivity index (χ0n) is 11.6. The Morgan fingerprint density at radius 2 is 2.06 bits per heavy atom. The second-order valence-corrected chi connectivity index (χ2v) is 5.85. The Bertz CT molecular complexity index is 287. The van der Waals surface area contributed by atoms with Crippen LogP contribution in [0.1, 0.15) is 51.9 Å². The van der Waals surface area contributed by atoms with Crippen molar-refractivity contribution in [3.8, 4) is 0 Å². The van der Waals surface area contributed by atoms with Gasteiger partial charge in [-0.3, -0.25) is 9.69 Å². The van der Waals surface area contributed by atoms with Crippen molar-refractivity contribution in [2.75, 3.05) is 19.6 Å². The average Bonchev–Trinajstić information content (AvgIpc) is 2.84. The molecular weight excluding hydrogens is 226 g/mol. The fraction of sp³-hybridized carbons (Fsp3) is 0.929. The van der Waals surface area contributed by atoms with Crippen molar-refractivity contribution >= 4 is 5.91 Å². The molecule has 1 aliphatic carbocycles. The number of hydrogen-bond acceptors (Lipinski definition) is 3. The van der Waals surface area contributed by atoms with Crippen LogP contribution < -0.4 is 11.1 Å². The molecule has 0 spiro atoms. The Morgan fingerprint density at radius 1 is 1.33 bits per heavy atom. The number of carbonyl (C=O) groups excluding carboxylic acids is 1. The fourth-order valence-electron chi connectivity index (χ4n) is 3.33. The van der Waals surface area contributed by atoms with Crippen LogP contribution in [-0.2, 0) is 4.79 Å². The fourth-order valence-corrected chi connectivity index (χ4v) is 3.33. The van der Waals surface area contributed by atoms with E-state index in [2.05, 4.69) is 17.1 Å². The zero-order chi connectivity index (χ0) is 13.0. The van der Waals surface area contributed by atoms with Crippen LogP contribution in [0.3, 0.4) is 0 Å². The standard InChI is InChI=1S/C14H27N3O/c1-2-17-10-6-3-7-12(17)11-16-13(18)14(15)8-4-5-9-14/h12H,2-11,15H2,1H3,(H,16,18). The van der Waals surface area contributed by atoms with E-state index in [0.717, 1.165) is 38.8 Å². The highest BCUT2D eigenvalue weighted by atomic mass is 16.2. The monoisotopic (exact) mass is 253 g/mol. The van der Waals surface area contributed by atoms with E-state index in [1.807, 2.05) is 0 Å². The predicted octanol–water partition coefficient (Wildman–Crippen LogP) is 1.25. The highest BCUT2D eigenvalue weighted by molar-refractivity contribution is 5.86. The molecule has 104 valence electrons. The Labute approximate surface area is 110 Å². The van der Waals surface area contributed by atoms with Crippen LogP contribution in [0.4, 0.5) is 0 Å². The molecule has 2 fully saturated rings. The molecule has 1 saturated carbocycles. The number of piperidine rings is 1. The van der Waals surface area contributed by atoms with E-state index < -0.39 is 5.54 Å². The summed E-state index contributed by atoms with van der Waals surface area (Å²) < 4.78 is 0. The molecule has 3 N–H and O–H groups in total. The van der Waals surface area contributed by atoms with E-state index >= 15 is 0 Å². The second-order valence-electron chi connectivity index (χ2n) is 5.85. The number of nitrogens with one attached hydrogen (secondary N) is 1. The number of nitrogens with zero attached hydrogens (tertiary/aromatic N) is 1. The molecule has 0 aromatic carbocycles. The number of amides is 1. The number of nitrogens with two attached hydrogens (primary N) is 1. The first-order valence-corrected chi connectivity index (χ1v) is 7.47. The molecule has 18 heavy (non-hydrogen) atoms. The first kappa shape index (κ1) is 13.8. The van der Waals surface area contributed by atoms with Crippen LogP contribution in [-0.4, -0.2) is 42.0 Å². The van der Waals surface area contributed by atoms with Crippen LogP contribution in [0.2, 0.25) is 0 Å². The minimum atomic E-state index is -0.578. The third kappa shape index (κ3) is 3.04. The van der Waals surface area contributed by atoms with Crippen molar-refractivity contribution in [1.29, 1.82) is 0 Å². The minimum absolute atomic E-state index is 0.0710. The SMILES string of the molecule is CCN1CCCCC1CNC(=O)C1(N)CCCC1. The van der Waals surface area contributed by atoms with Gasteiger partial charge in [-0.25, -0.2) is 0 Å². The van der Waals surface area contributed by atoms with Gasteiger partial charge in [-0.05, 0) is 38.8 Å². The van der Waals surface area contributed by atoms with Crippen molar-refractivity contribution in [1.82, 2.24) is 10.2 Å². The predicted molar refractivity (Wildman–Crippen MR) is 73.3 cm³/mol. The second kappa shape index (κ2) is 6.02. The molecule has 1 aliphatic heterocycles. The minimum Gasteiger partial charge on any atom is -0.353 e. The van der Waals surface area contributed by atoms with Crippen LogP contribution in [0, 0.1) is 0 Å². The van der Waals surface area contributed by atoms with Crippen molar-refractivity contribution in [2.24, 2.45) is 5.73 Å². The van der Waals surface area contributed by atoms with Gasteiger partial charge in [-0.2, -0.15) is 0 Å². The maximum atomic E-state index is 12.2. The van der Waals surface area contributed by atoms with Crippen molar-refractivity contribution < 1.29 is 4.79 Å². The smallest absolute Gasteiger partial charge is 0.240 e. The molecule has 4 heteroatoms. The summed E-state index contributed by atoms with van der Waals surface area (Å²) in [5.74, 6) is 0.0710. The van der Waals surface area contributed by atoms with E-state index in [0.29, 0.717) is 6.04 Å². The molecular formula is C14H27N3O. The van der Waals surface area contributed by atoms with Crippen LogP contribution in [0.15, 0.2) is 0 Å². The Morgan fingerprint density at radius 3 is 2.72 bits per heavy atom. The van der Waals surface area contributed by atoms with Gasteiger partial charge in [0.15, 0.2) is 0 Å². The lowest BCUT2D eigenvalue weighted by molar-refractivity contribution is -0.126. The van der Waals surface area contributed by atoms with E-state index in [9.17, 15) is 4.79 Å². The van der Waals surface area contributed by atoms with Gasteiger partial charge in [0.25, 0.3) is 0 Å². The van der Waals surface area contributed by atoms with Crippen LogP contribution in [0.5, 0.6) is 0 Å². The number of hydrogen-bond donors (Lipinski definition) is 2. The van der Waals surface area contributed by atoms with Gasteiger partial charge >= 0.3 is 0 Å². The summed E-state index contributed by atoms with van der Waals surface area (Å²) in [7, 11) is 0. The summed E-state index contributed by atoms with van der Waals surface area (Å²) in [6.07, 6.45) is 7.65. The Hall–Kier alpha value is -0.610. The molecule has 1 amide bonds. The number of likely N-dealkylation sites (tertiary alicyclic amines) is 1. The maximum absolute atomic E-state index is 12.2. The van der Waals surface area contributed by atoms with E-state index in [4.69, 9.17) is 5.73 Å². The number of carbonyl (C=O) groups is 1. The van der Waals surface area contributed by atoms with Gasteiger partial charge in [-0.15, -0.1) is 0 Å². The molecule has 0 aromatic heterocycles. The Kier molecular flexibility index (Phi) is 4.62. The average molecular weight is 253 g/mol. The van der Waals surface area contributed by atoms with Crippen molar-refractivity contribution in [3.63, 3.8) is 0 Å². The van der Waals surface area contributed by atoms with Crippen LogP contribution in [0.25, 0.3) is 0 Å². The number of rotatable bonds is 4. The van der Waals surface area contributed by atoms with Crippen molar-refractivity contribution in [2.45, 2.75) is 63.5 Å². The third-order valence-electron chi connectivity index (χ3n) is 4.60. The summed E-state index contributed by atoms with van der Waals surface area (Å²) in [5, 5.41) is 3.09. The summed E-state index contributed by atoms with van der Waals surface area (Å²) >= 11 is 0. The molecule has 1 unspecified atom stereocenters. The molecule has 0 radical (unpaired) electrons. The quantitative estimate of drug-likeness (QED) is 0.793. The lowest BCUT2D eigenvalue weighted by atomic mass is 9.97. The molecule has 4 nitrogen and oxygen atoms in total. The molecule has 1 saturated heterocycles. The van der Waals surface area contributed by atoms with Gasteiger partial charge in [0.2, 0.25) is 5.91 Å². The normalized spacial score (nSPS) is 28.2.